The smallest absolute Gasteiger partial charge is 0.326 e. The quantitative estimate of drug-likeness (QED) is 0.0450. The van der Waals surface area contributed by atoms with Crippen LogP contribution in [-0.2, 0) is 28.8 Å². The van der Waals surface area contributed by atoms with Gasteiger partial charge < -0.3 is 73.6 Å². The zero-order chi connectivity index (χ0) is 49.7. The van der Waals surface area contributed by atoms with Gasteiger partial charge in [0.2, 0.25) is 24.7 Å². The number of carboxylic acid groups (broad SMARTS) is 4. The molecule has 2 aromatic heterocycles. The van der Waals surface area contributed by atoms with Crippen LogP contribution in [0.2, 0.25) is 0 Å². The van der Waals surface area contributed by atoms with Crippen molar-refractivity contribution in [3.8, 4) is 0 Å². The Balaban J connectivity index is 0.000000254. The SMILES string of the molecule is Nc1nc2c(c(=O)[nH]1)N(C=O)[C@@H](CNc1ccc(C(=O)N[C@@H](CCC(=O)O)C(=O)O)cc1)CN2.Nc1nc2c(c(=O)[nH]1)N(C=O)[C@H](CNc1ccc(C(=O)N[C@H](CCC(=O)O)C(=O)O)cc1)CN2. The third-order valence-corrected chi connectivity index (χ3v) is 10.2. The van der Waals surface area contributed by atoms with E-state index in [0.717, 1.165) is 0 Å². The lowest BCUT2D eigenvalue weighted by atomic mass is 10.1. The lowest BCUT2D eigenvalue weighted by Crippen LogP contribution is -2.50. The van der Waals surface area contributed by atoms with E-state index in [4.69, 9.17) is 21.7 Å². The highest BCUT2D eigenvalue weighted by atomic mass is 16.4. The first kappa shape index (κ1) is 49.8. The van der Waals surface area contributed by atoms with Crippen molar-refractivity contribution in [3.05, 3.63) is 80.4 Å². The number of anilines is 8. The van der Waals surface area contributed by atoms with E-state index in [1.54, 1.807) is 24.3 Å². The minimum Gasteiger partial charge on any atom is -0.481 e. The van der Waals surface area contributed by atoms with Gasteiger partial charge in [-0.05, 0) is 61.4 Å². The fraction of sp³-hybridized carbons (Fsp3) is 0.300. The molecule has 28 heteroatoms. The molecule has 2 aliphatic heterocycles. The maximum atomic E-state index is 12.3. The Bertz CT molecular complexity index is 2480. The second-order valence-electron chi connectivity index (χ2n) is 14.9. The van der Waals surface area contributed by atoms with Crippen molar-refractivity contribution >= 4 is 94.8 Å². The van der Waals surface area contributed by atoms with E-state index in [9.17, 15) is 58.2 Å². The van der Waals surface area contributed by atoms with Crippen molar-refractivity contribution in [2.45, 2.75) is 49.9 Å². The maximum Gasteiger partial charge on any atom is 0.326 e. The zero-order valence-corrected chi connectivity index (χ0v) is 35.6. The van der Waals surface area contributed by atoms with Gasteiger partial charge in [0.25, 0.3) is 22.9 Å². The Morgan fingerprint density at radius 3 is 1.29 bits per heavy atom. The molecule has 68 heavy (non-hydrogen) atoms. The highest BCUT2D eigenvalue weighted by Gasteiger charge is 2.31. The lowest BCUT2D eigenvalue weighted by Gasteiger charge is -2.34. The number of carboxylic acids is 4. The number of hydrogen-bond acceptors (Lipinski definition) is 18. The third kappa shape index (κ3) is 12.9. The molecule has 0 fully saturated rings. The number of rotatable bonds is 20. The molecule has 6 rings (SSSR count). The van der Waals surface area contributed by atoms with Crippen LogP contribution in [0.15, 0.2) is 58.1 Å². The Morgan fingerprint density at radius 2 is 0.985 bits per heavy atom. The van der Waals surface area contributed by atoms with E-state index in [-0.39, 0.29) is 72.0 Å². The molecule has 4 heterocycles. The molecule has 2 aromatic carbocycles. The molecular formula is C40H46N14O14. The molecule has 2 aliphatic rings. The van der Waals surface area contributed by atoms with Gasteiger partial charge in [-0.15, -0.1) is 0 Å². The molecule has 4 aromatic rings. The molecule has 4 atom stereocenters. The molecular weight excluding hydrogens is 901 g/mol. The van der Waals surface area contributed by atoms with Gasteiger partial charge in [0, 0.05) is 61.5 Å². The highest BCUT2D eigenvalue weighted by molar-refractivity contribution is 5.98. The molecule has 0 spiro atoms. The second kappa shape index (κ2) is 22.6. The van der Waals surface area contributed by atoms with E-state index < -0.39 is 83.8 Å². The fourth-order valence-corrected chi connectivity index (χ4v) is 6.79. The van der Waals surface area contributed by atoms with Crippen molar-refractivity contribution in [1.29, 1.82) is 0 Å². The summed E-state index contributed by atoms with van der Waals surface area (Å²) >= 11 is 0. The molecule has 16 N–H and O–H groups in total. The fourth-order valence-electron chi connectivity index (χ4n) is 6.79. The van der Waals surface area contributed by atoms with Crippen LogP contribution in [0, 0.1) is 0 Å². The summed E-state index contributed by atoms with van der Waals surface area (Å²) in [5.41, 5.74) is 11.7. The average molecular weight is 947 g/mol. The number of nitrogens with two attached hydrogens (primary N) is 2. The number of fused-ring (bicyclic) bond motifs is 2. The lowest BCUT2D eigenvalue weighted by molar-refractivity contribution is -0.142. The molecule has 0 aliphatic carbocycles. The standard InChI is InChI=1S/2C20H23N7O7/c2*21-20-25-16-15(18(32)26-20)27(9-28)12(8-23-16)7-22-11-3-1-10(2-4-11)17(31)24-13(19(33)34)5-6-14(29)30/h2*1-4,9,12-13,22H,5-8H2,(H,24,31)(H,29,30)(H,33,34)(H4,21,23,25,26,32)/t2*12-,13-/m10/s1. The number of amides is 4. The van der Waals surface area contributed by atoms with Crippen molar-refractivity contribution < 1.29 is 58.8 Å². The summed E-state index contributed by atoms with van der Waals surface area (Å²) < 4.78 is 0. The van der Waals surface area contributed by atoms with Crippen molar-refractivity contribution in [1.82, 2.24) is 30.6 Å². The van der Waals surface area contributed by atoms with E-state index in [0.29, 0.717) is 37.3 Å². The first-order valence-electron chi connectivity index (χ1n) is 20.3. The zero-order valence-electron chi connectivity index (χ0n) is 35.6. The van der Waals surface area contributed by atoms with E-state index in [1.807, 2.05) is 0 Å². The predicted molar refractivity (Wildman–Crippen MR) is 242 cm³/mol. The van der Waals surface area contributed by atoms with E-state index >= 15 is 0 Å². The van der Waals surface area contributed by atoms with Crippen LogP contribution in [0.4, 0.5) is 46.3 Å². The minimum absolute atomic E-state index is 0.0603. The summed E-state index contributed by atoms with van der Waals surface area (Å²) in [6.07, 6.45) is -0.202. The van der Waals surface area contributed by atoms with Gasteiger partial charge in [-0.3, -0.25) is 48.3 Å². The second-order valence-corrected chi connectivity index (χ2v) is 14.9. The number of nitrogens with zero attached hydrogens (tertiary/aromatic N) is 4. The average Bonchev–Trinajstić information content (AvgIpc) is 3.29. The summed E-state index contributed by atoms with van der Waals surface area (Å²) in [5, 5.41) is 52.5. The molecule has 0 radical (unpaired) electrons. The van der Waals surface area contributed by atoms with Crippen LogP contribution in [-0.4, -0.2) is 139 Å². The largest absolute Gasteiger partial charge is 0.481 e. The van der Waals surface area contributed by atoms with Gasteiger partial charge in [0.05, 0.1) is 12.1 Å². The summed E-state index contributed by atoms with van der Waals surface area (Å²) in [7, 11) is 0. The Labute approximate surface area is 382 Å². The van der Waals surface area contributed by atoms with Crippen LogP contribution in [0.3, 0.4) is 0 Å². The van der Waals surface area contributed by atoms with Gasteiger partial charge in [-0.2, -0.15) is 9.97 Å². The van der Waals surface area contributed by atoms with Crippen LogP contribution in [0.25, 0.3) is 0 Å². The highest BCUT2D eigenvalue weighted by Crippen LogP contribution is 2.27. The number of hydrogen-bond donors (Lipinski definition) is 14. The summed E-state index contributed by atoms with van der Waals surface area (Å²) in [4.78, 5) is 131. The number of aromatic amines is 2. The first-order valence-corrected chi connectivity index (χ1v) is 20.3. The number of aromatic nitrogens is 4. The summed E-state index contributed by atoms with van der Waals surface area (Å²) in [5.74, 6) is -6.01. The molecule has 0 saturated heterocycles. The summed E-state index contributed by atoms with van der Waals surface area (Å²) in [6.45, 7) is 1.14. The van der Waals surface area contributed by atoms with Crippen LogP contribution in [0.1, 0.15) is 46.4 Å². The maximum absolute atomic E-state index is 12.3. The molecule has 360 valence electrons. The minimum atomic E-state index is -1.33. The number of carbonyl (C=O) groups excluding carboxylic acids is 4. The van der Waals surface area contributed by atoms with Gasteiger partial charge >= 0.3 is 23.9 Å². The predicted octanol–water partition coefficient (Wildman–Crippen LogP) is -1.46. The van der Waals surface area contributed by atoms with Crippen molar-refractivity contribution in [2.75, 3.05) is 68.7 Å². The van der Waals surface area contributed by atoms with Gasteiger partial charge in [-0.25, -0.2) is 9.59 Å². The monoisotopic (exact) mass is 946 g/mol. The van der Waals surface area contributed by atoms with Crippen LogP contribution in [0.5, 0.6) is 0 Å². The van der Waals surface area contributed by atoms with Crippen LogP contribution < -0.4 is 64.3 Å². The topological polar surface area (TPSA) is 440 Å². The summed E-state index contributed by atoms with van der Waals surface area (Å²) in [6, 6.07) is 8.73. The number of nitrogens with one attached hydrogen (secondary N) is 8. The molecule has 0 saturated carbocycles. The first-order chi connectivity index (χ1) is 32.4. The Hall–Kier alpha value is -9.24. The molecule has 0 unspecified atom stereocenters. The van der Waals surface area contributed by atoms with Gasteiger partial charge in [-0.1, -0.05) is 0 Å². The van der Waals surface area contributed by atoms with E-state index in [1.165, 1.54) is 34.1 Å². The van der Waals surface area contributed by atoms with Gasteiger partial charge in [0.1, 0.15) is 12.1 Å². The van der Waals surface area contributed by atoms with Crippen molar-refractivity contribution in [2.24, 2.45) is 0 Å². The van der Waals surface area contributed by atoms with Crippen molar-refractivity contribution in [3.63, 3.8) is 0 Å². The number of carbonyl (C=O) groups is 8. The van der Waals surface area contributed by atoms with Gasteiger partial charge in [0.15, 0.2) is 23.0 Å². The molecule has 0 bridgehead atoms. The van der Waals surface area contributed by atoms with E-state index in [2.05, 4.69) is 51.8 Å². The molecule has 28 nitrogen and oxygen atoms in total. The third-order valence-electron chi connectivity index (χ3n) is 10.2. The normalized spacial score (nSPS) is 15.4. The van der Waals surface area contributed by atoms with Crippen LogP contribution >= 0.6 is 0 Å². The molecule has 4 amide bonds. The Kier molecular flexibility index (Phi) is 16.5. The number of nitrogen functional groups attached to an aromatic ring is 2. The number of H-pyrrole nitrogens is 2. The Morgan fingerprint density at radius 1 is 0.632 bits per heavy atom. The number of aliphatic carboxylic acids is 4. The number of benzene rings is 2.